The average molecular weight is 318 g/mol. The van der Waals surface area contributed by atoms with Crippen LogP contribution in [0.25, 0.3) is 10.8 Å². The topological polar surface area (TPSA) is 29.1 Å². The lowest BCUT2D eigenvalue weighted by molar-refractivity contribution is -0.167. The van der Waals surface area contributed by atoms with Crippen molar-refractivity contribution in [2.75, 3.05) is 5.32 Å². The van der Waals surface area contributed by atoms with Crippen LogP contribution >= 0.6 is 15.9 Å². The summed E-state index contributed by atoms with van der Waals surface area (Å²) in [5, 5.41) is 3.43. The van der Waals surface area contributed by atoms with Gasteiger partial charge in [0.05, 0.1) is 0 Å². The zero-order chi connectivity index (χ0) is 13.3. The van der Waals surface area contributed by atoms with Crippen molar-refractivity contribution in [1.82, 2.24) is 0 Å². The molecule has 2 aromatic rings. The van der Waals surface area contributed by atoms with E-state index in [1.807, 2.05) is 11.4 Å². The van der Waals surface area contributed by atoms with Gasteiger partial charge < -0.3 is 5.32 Å². The summed E-state index contributed by atoms with van der Waals surface area (Å²) in [5.41, 5.74) is 0.118. The lowest BCUT2D eigenvalue weighted by Crippen LogP contribution is -2.29. The van der Waals surface area contributed by atoms with Crippen LogP contribution in [0.2, 0.25) is 0 Å². The molecular formula is C12H7BrF3NO. The maximum atomic E-state index is 12.1. The van der Waals surface area contributed by atoms with Crippen LogP contribution in [0.5, 0.6) is 0 Å². The minimum Gasteiger partial charge on any atom is -0.318 e. The van der Waals surface area contributed by atoms with Gasteiger partial charge in [-0.25, -0.2) is 0 Å². The molecule has 0 saturated carbocycles. The monoisotopic (exact) mass is 317 g/mol. The molecule has 1 amide bonds. The molecule has 0 aromatic heterocycles. The molecule has 2 nitrogen and oxygen atoms in total. The number of hydrogen-bond donors (Lipinski definition) is 1. The molecule has 0 aliphatic carbocycles. The van der Waals surface area contributed by atoms with E-state index in [1.54, 1.807) is 18.2 Å². The van der Waals surface area contributed by atoms with E-state index in [1.165, 1.54) is 12.1 Å². The number of hydrogen-bond acceptors (Lipinski definition) is 1. The fourth-order valence-electron chi connectivity index (χ4n) is 1.50. The number of halogens is 4. The Morgan fingerprint density at radius 1 is 1.06 bits per heavy atom. The molecule has 18 heavy (non-hydrogen) atoms. The summed E-state index contributed by atoms with van der Waals surface area (Å²) in [6.07, 6.45) is -4.88. The zero-order valence-electron chi connectivity index (χ0n) is 8.88. The highest BCUT2D eigenvalue weighted by Gasteiger charge is 2.38. The van der Waals surface area contributed by atoms with Gasteiger partial charge in [0.2, 0.25) is 0 Å². The summed E-state index contributed by atoms with van der Waals surface area (Å²) < 4.78 is 37.1. The van der Waals surface area contributed by atoms with Crippen LogP contribution in [0.4, 0.5) is 18.9 Å². The van der Waals surface area contributed by atoms with Crippen LogP contribution in [-0.4, -0.2) is 12.1 Å². The number of alkyl halides is 3. The normalized spacial score (nSPS) is 11.6. The number of rotatable bonds is 1. The first-order valence-electron chi connectivity index (χ1n) is 4.94. The maximum Gasteiger partial charge on any atom is 0.471 e. The number of carbonyl (C=O) groups excluding carboxylic acids is 1. The van der Waals surface area contributed by atoms with Crippen LogP contribution < -0.4 is 5.32 Å². The minimum atomic E-state index is -4.88. The Morgan fingerprint density at radius 2 is 1.67 bits per heavy atom. The zero-order valence-corrected chi connectivity index (χ0v) is 10.5. The van der Waals surface area contributed by atoms with Crippen molar-refractivity contribution in [2.24, 2.45) is 0 Å². The van der Waals surface area contributed by atoms with Crippen LogP contribution in [-0.2, 0) is 4.79 Å². The van der Waals surface area contributed by atoms with E-state index in [-0.39, 0.29) is 5.69 Å². The lowest BCUT2D eigenvalue weighted by atomic mass is 10.1. The van der Waals surface area contributed by atoms with Crippen molar-refractivity contribution in [1.29, 1.82) is 0 Å². The van der Waals surface area contributed by atoms with Crippen molar-refractivity contribution in [3.05, 3.63) is 40.9 Å². The van der Waals surface area contributed by atoms with Crippen LogP contribution in [0.15, 0.2) is 40.9 Å². The molecule has 0 aliphatic heterocycles. The second-order valence-corrected chi connectivity index (χ2v) is 4.57. The predicted octanol–water partition coefficient (Wildman–Crippen LogP) is 4.10. The van der Waals surface area contributed by atoms with E-state index in [9.17, 15) is 18.0 Å². The number of benzene rings is 2. The van der Waals surface area contributed by atoms with Gasteiger partial charge in [-0.2, -0.15) is 13.2 Å². The summed E-state index contributed by atoms with van der Waals surface area (Å²) in [5.74, 6) is -1.97. The molecular weight excluding hydrogens is 311 g/mol. The average Bonchev–Trinajstić information content (AvgIpc) is 2.28. The van der Waals surface area contributed by atoms with Gasteiger partial charge in [0.15, 0.2) is 0 Å². The first-order chi connectivity index (χ1) is 8.36. The van der Waals surface area contributed by atoms with Gasteiger partial charge in [-0.1, -0.05) is 28.1 Å². The van der Waals surface area contributed by atoms with Crippen molar-refractivity contribution in [2.45, 2.75) is 6.18 Å². The summed E-state index contributed by atoms with van der Waals surface area (Å²) in [7, 11) is 0. The molecule has 0 radical (unpaired) electrons. The molecule has 0 fully saturated rings. The fourth-order valence-corrected chi connectivity index (χ4v) is 1.88. The lowest BCUT2D eigenvalue weighted by Gasteiger charge is -2.08. The Kier molecular flexibility index (Phi) is 3.30. The fraction of sp³-hybridized carbons (Fsp3) is 0.0833. The summed E-state index contributed by atoms with van der Waals surface area (Å²) in [4.78, 5) is 10.8. The highest BCUT2D eigenvalue weighted by atomic mass is 79.9. The van der Waals surface area contributed by atoms with E-state index in [4.69, 9.17) is 0 Å². The van der Waals surface area contributed by atoms with Crippen molar-refractivity contribution in [3.63, 3.8) is 0 Å². The van der Waals surface area contributed by atoms with Crippen LogP contribution in [0.1, 0.15) is 0 Å². The van der Waals surface area contributed by atoms with Gasteiger partial charge in [0.1, 0.15) is 0 Å². The molecule has 0 bridgehead atoms. The van der Waals surface area contributed by atoms with E-state index in [0.717, 1.165) is 15.2 Å². The molecule has 1 N–H and O–H groups in total. The smallest absolute Gasteiger partial charge is 0.318 e. The summed E-state index contributed by atoms with van der Waals surface area (Å²) in [6, 6.07) is 9.93. The predicted molar refractivity (Wildman–Crippen MR) is 66.3 cm³/mol. The molecule has 2 aromatic carbocycles. The highest BCUT2D eigenvalue weighted by molar-refractivity contribution is 9.10. The quantitative estimate of drug-likeness (QED) is 0.842. The molecule has 0 aliphatic rings. The number of nitrogens with one attached hydrogen (secondary N) is 1. The third-order valence-electron chi connectivity index (χ3n) is 2.32. The summed E-state index contributed by atoms with van der Waals surface area (Å²) in [6.45, 7) is 0. The Balaban J connectivity index is 2.31. The second kappa shape index (κ2) is 4.61. The first kappa shape index (κ1) is 12.9. The number of anilines is 1. The Bertz CT molecular complexity index is 610. The van der Waals surface area contributed by atoms with Gasteiger partial charge in [0.25, 0.3) is 0 Å². The largest absolute Gasteiger partial charge is 0.471 e. The second-order valence-electron chi connectivity index (χ2n) is 3.66. The molecule has 0 unspecified atom stereocenters. The number of fused-ring (bicyclic) bond motifs is 1. The van der Waals surface area contributed by atoms with Crippen LogP contribution in [0, 0.1) is 0 Å². The van der Waals surface area contributed by atoms with E-state index in [0.29, 0.717) is 0 Å². The molecule has 0 spiro atoms. The molecule has 94 valence electrons. The van der Waals surface area contributed by atoms with E-state index in [2.05, 4.69) is 15.9 Å². The SMILES string of the molecule is O=C(Nc1ccc2cc(Br)ccc2c1)C(F)(F)F. The van der Waals surface area contributed by atoms with Gasteiger partial charge >= 0.3 is 12.1 Å². The van der Waals surface area contributed by atoms with Gasteiger partial charge in [-0.05, 0) is 35.0 Å². The minimum absolute atomic E-state index is 0.118. The van der Waals surface area contributed by atoms with Crippen molar-refractivity contribution in [3.8, 4) is 0 Å². The van der Waals surface area contributed by atoms with Gasteiger partial charge in [-0.15, -0.1) is 0 Å². The Morgan fingerprint density at radius 3 is 2.33 bits per heavy atom. The highest BCUT2D eigenvalue weighted by Crippen LogP contribution is 2.24. The molecule has 0 saturated heterocycles. The van der Waals surface area contributed by atoms with Crippen molar-refractivity contribution < 1.29 is 18.0 Å². The van der Waals surface area contributed by atoms with E-state index < -0.39 is 12.1 Å². The molecule has 2 rings (SSSR count). The molecule has 0 atom stereocenters. The molecule has 6 heteroatoms. The Hall–Kier alpha value is -1.56. The van der Waals surface area contributed by atoms with Crippen LogP contribution in [0.3, 0.4) is 0 Å². The third kappa shape index (κ3) is 2.81. The standard InChI is InChI=1S/C12H7BrF3NO/c13-9-3-1-8-6-10(4-2-7(8)5-9)17-11(18)12(14,15)16/h1-6H,(H,17,18). The molecule has 0 heterocycles. The Labute approximate surface area is 109 Å². The third-order valence-corrected chi connectivity index (χ3v) is 2.81. The van der Waals surface area contributed by atoms with Crippen molar-refractivity contribution >= 4 is 38.3 Å². The maximum absolute atomic E-state index is 12.1. The number of amides is 1. The summed E-state index contributed by atoms with van der Waals surface area (Å²) >= 11 is 3.30. The number of carbonyl (C=O) groups is 1. The first-order valence-corrected chi connectivity index (χ1v) is 5.73. The van der Waals surface area contributed by atoms with Gasteiger partial charge in [0, 0.05) is 10.2 Å². The van der Waals surface area contributed by atoms with Gasteiger partial charge in [-0.3, -0.25) is 4.79 Å². The van der Waals surface area contributed by atoms with E-state index >= 15 is 0 Å².